The highest BCUT2D eigenvalue weighted by Crippen LogP contribution is 2.23. The molecule has 2 heteroatoms. The number of hydrogen-bond acceptors (Lipinski definition) is 1. The maximum atomic E-state index is 13.5. The molecule has 13 heavy (non-hydrogen) atoms. The molecule has 68 valence electrons. The first kappa shape index (κ1) is 9.73. The second-order valence-electron chi connectivity index (χ2n) is 3.13. The molecule has 0 saturated carbocycles. The Morgan fingerprint density at radius 2 is 2.23 bits per heavy atom. The van der Waals surface area contributed by atoms with Crippen molar-refractivity contribution in [2.45, 2.75) is 26.2 Å². The first-order chi connectivity index (χ1) is 6.20. The molecule has 0 saturated heterocycles. The van der Waals surface area contributed by atoms with Gasteiger partial charge in [0.15, 0.2) is 0 Å². The topological polar surface area (TPSA) is 23.8 Å². The minimum atomic E-state index is -0.362. The fraction of sp³-hybridized carbons (Fsp3) is 0.364. The van der Waals surface area contributed by atoms with E-state index in [4.69, 9.17) is 5.26 Å². The van der Waals surface area contributed by atoms with Crippen molar-refractivity contribution in [1.29, 1.82) is 5.26 Å². The number of rotatable bonds is 2. The van der Waals surface area contributed by atoms with Crippen LogP contribution in [-0.4, -0.2) is 0 Å². The molecular weight excluding hydrogens is 165 g/mol. The first-order valence-electron chi connectivity index (χ1n) is 4.39. The summed E-state index contributed by atoms with van der Waals surface area (Å²) >= 11 is 0. The summed E-state index contributed by atoms with van der Waals surface area (Å²) in [5.74, 6) is -0.187. The SMILES string of the molecule is CCC(C)c1cccc(C#N)c1F. The van der Waals surface area contributed by atoms with Gasteiger partial charge in [-0.15, -0.1) is 0 Å². The highest BCUT2D eigenvalue weighted by atomic mass is 19.1. The van der Waals surface area contributed by atoms with Crippen molar-refractivity contribution in [1.82, 2.24) is 0 Å². The molecule has 0 aliphatic rings. The molecule has 0 spiro atoms. The van der Waals surface area contributed by atoms with Crippen LogP contribution in [0.2, 0.25) is 0 Å². The Hall–Kier alpha value is -1.36. The number of benzene rings is 1. The largest absolute Gasteiger partial charge is 0.205 e. The lowest BCUT2D eigenvalue weighted by atomic mass is 9.96. The third-order valence-corrected chi connectivity index (χ3v) is 2.29. The van der Waals surface area contributed by atoms with Crippen LogP contribution in [0.4, 0.5) is 4.39 Å². The van der Waals surface area contributed by atoms with Gasteiger partial charge in [-0.3, -0.25) is 0 Å². The maximum absolute atomic E-state index is 13.5. The van der Waals surface area contributed by atoms with E-state index in [-0.39, 0.29) is 17.3 Å². The van der Waals surface area contributed by atoms with Gasteiger partial charge in [0.05, 0.1) is 5.56 Å². The molecule has 0 aliphatic heterocycles. The van der Waals surface area contributed by atoms with E-state index in [9.17, 15) is 4.39 Å². The summed E-state index contributed by atoms with van der Waals surface area (Å²) < 4.78 is 13.5. The molecule has 0 heterocycles. The van der Waals surface area contributed by atoms with Crippen molar-refractivity contribution in [2.24, 2.45) is 0 Å². The molecule has 0 radical (unpaired) electrons. The number of nitrogens with zero attached hydrogens (tertiary/aromatic N) is 1. The average molecular weight is 177 g/mol. The van der Waals surface area contributed by atoms with Crippen LogP contribution in [0.5, 0.6) is 0 Å². The lowest BCUT2D eigenvalue weighted by Gasteiger charge is -2.10. The maximum Gasteiger partial charge on any atom is 0.144 e. The zero-order chi connectivity index (χ0) is 9.84. The Kier molecular flexibility index (Phi) is 3.02. The minimum Gasteiger partial charge on any atom is -0.205 e. The molecule has 0 bridgehead atoms. The van der Waals surface area contributed by atoms with Gasteiger partial charge < -0.3 is 0 Å². The molecular formula is C11H12FN. The van der Waals surface area contributed by atoms with Crippen molar-refractivity contribution >= 4 is 0 Å². The Bertz CT molecular complexity index is 338. The molecule has 1 rings (SSSR count). The third kappa shape index (κ3) is 1.86. The molecule has 1 nitrogen and oxygen atoms in total. The predicted molar refractivity (Wildman–Crippen MR) is 49.8 cm³/mol. The van der Waals surface area contributed by atoms with Crippen molar-refractivity contribution in [3.63, 3.8) is 0 Å². The van der Waals surface area contributed by atoms with E-state index in [2.05, 4.69) is 0 Å². The second-order valence-corrected chi connectivity index (χ2v) is 3.13. The van der Waals surface area contributed by atoms with E-state index in [1.54, 1.807) is 12.1 Å². The van der Waals surface area contributed by atoms with E-state index in [0.717, 1.165) is 6.42 Å². The normalized spacial score (nSPS) is 12.2. The van der Waals surface area contributed by atoms with Gasteiger partial charge in [0.25, 0.3) is 0 Å². The Balaban J connectivity index is 3.17. The van der Waals surface area contributed by atoms with E-state index < -0.39 is 0 Å². The monoisotopic (exact) mass is 177 g/mol. The molecule has 1 unspecified atom stereocenters. The highest BCUT2D eigenvalue weighted by molar-refractivity contribution is 5.36. The van der Waals surface area contributed by atoms with Crippen LogP contribution in [0.15, 0.2) is 18.2 Å². The van der Waals surface area contributed by atoms with Crippen LogP contribution >= 0.6 is 0 Å². The fourth-order valence-corrected chi connectivity index (χ4v) is 1.24. The zero-order valence-corrected chi connectivity index (χ0v) is 7.84. The fourth-order valence-electron chi connectivity index (χ4n) is 1.24. The molecule has 1 atom stereocenters. The molecule has 1 aromatic rings. The van der Waals surface area contributed by atoms with Crippen molar-refractivity contribution in [2.75, 3.05) is 0 Å². The lowest BCUT2D eigenvalue weighted by molar-refractivity contribution is 0.580. The summed E-state index contributed by atoms with van der Waals surface area (Å²) in [4.78, 5) is 0. The van der Waals surface area contributed by atoms with Crippen molar-refractivity contribution < 1.29 is 4.39 Å². The first-order valence-corrected chi connectivity index (χ1v) is 4.39. The van der Waals surface area contributed by atoms with Gasteiger partial charge >= 0.3 is 0 Å². The van der Waals surface area contributed by atoms with Gasteiger partial charge in [-0.1, -0.05) is 26.0 Å². The van der Waals surface area contributed by atoms with Gasteiger partial charge in [-0.25, -0.2) is 4.39 Å². The standard InChI is InChI=1S/C11H12FN/c1-3-8(2)10-6-4-5-9(7-13)11(10)12/h4-6,8H,3H2,1-2H3. The molecule has 0 aliphatic carbocycles. The zero-order valence-electron chi connectivity index (χ0n) is 7.84. The minimum absolute atomic E-state index is 0.137. The van der Waals surface area contributed by atoms with Gasteiger partial charge in [-0.05, 0) is 24.0 Å². The van der Waals surface area contributed by atoms with Crippen molar-refractivity contribution in [3.05, 3.63) is 35.1 Å². The summed E-state index contributed by atoms with van der Waals surface area (Å²) in [6.07, 6.45) is 0.881. The Labute approximate surface area is 77.8 Å². The van der Waals surface area contributed by atoms with Gasteiger partial charge in [-0.2, -0.15) is 5.26 Å². The van der Waals surface area contributed by atoms with Crippen LogP contribution in [0, 0.1) is 17.1 Å². The predicted octanol–water partition coefficient (Wildman–Crippen LogP) is 3.21. The van der Waals surface area contributed by atoms with E-state index in [1.165, 1.54) is 6.07 Å². The quantitative estimate of drug-likeness (QED) is 0.680. The summed E-state index contributed by atoms with van der Waals surface area (Å²) in [7, 11) is 0. The number of hydrogen-bond donors (Lipinski definition) is 0. The number of halogens is 1. The molecule has 1 aromatic carbocycles. The second kappa shape index (κ2) is 4.04. The van der Waals surface area contributed by atoms with E-state index in [0.29, 0.717) is 5.56 Å². The summed E-state index contributed by atoms with van der Waals surface area (Å²) in [6, 6.07) is 6.81. The van der Waals surface area contributed by atoms with E-state index >= 15 is 0 Å². The van der Waals surface area contributed by atoms with Gasteiger partial charge in [0.2, 0.25) is 0 Å². The van der Waals surface area contributed by atoms with Crippen molar-refractivity contribution in [3.8, 4) is 6.07 Å². The van der Waals surface area contributed by atoms with Gasteiger partial charge in [0.1, 0.15) is 11.9 Å². The third-order valence-electron chi connectivity index (χ3n) is 2.29. The average Bonchev–Trinajstić information content (AvgIpc) is 2.17. The van der Waals surface area contributed by atoms with Crippen LogP contribution in [-0.2, 0) is 0 Å². The highest BCUT2D eigenvalue weighted by Gasteiger charge is 2.11. The summed E-state index contributed by atoms with van der Waals surface area (Å²) in [5, 5.41) is 8.61. The van der Waals surface area contributed by atoms with Crippen LogP contribution in [0.1, 0.15) is 37.3 Å². The Morgan fingerprint density at radius 3 is 2.77 bits per heavy atom. The smallest absolute Gasteiger partial charge is 0.144 e. The van der Waals surface area contributed by atoms with Crippen LogP contribution in [0.3, 0.4) is 0 Å². The Morgan fingerprint density at radius 1 is 1.54 bits per heavy atom. The van der Waals surface area contributed by atoms with Crippen LogP contribution in [0.25, 0.3) is 0 Å². The number of nitriles is 1. The van der Waals surface area contributed by atoms with Crippen LogP contribution < -0.4 is 0 Å². The molecule has 0 aromatic heterocycles. The lowest BCUT2D eigenvalue weighted by Crippen LogP contribution is -1.97. The summed E-state index contributed by atoms with van der Waals surface area (Å²) in [5.41, 5.74) is 0.777. The molecule has 0 fully saturated rings. The molecule has 0 amide bonds. The summed E-state index contributed by atoms with van der Waals surface area (Å²) in [6.45, 7) is 3.96. The van der Waals surface area contributed by atoms with Gasteiger partial charge in [0, 0.05) is 0 Å². The molecule has 0 N–H and O–H groups in total. The van der Waals surface area contributed by atoms with E-state index in [1.807, 2.05) is 19.9 Å².